The molecule has 0 saturated heterocycles. The van der Waals surface area contributed by atoms with Crippen molar-refractivity contribution in [3.8, 4) is 11.5 Å². The van der Waals surface area contributed by atoms with Gasteiger partial charge in [0.05, 0.1) is 22.6 Å². The lowest BCUT2D eigenvalue weighted by molar-refractivity contribution is 0.414. The molecule has 0 amide bonds. The van der Waals surface area contributed by atoms with Crippen molar-refractivity contribution < 1.29 is 26.7 Å². The molecule has 0 bridgehead atoms. The van der Waals surface area contributed by atoms with E-state index in [1.807, 2.05) is 0 Å². The Bertz CT molecular complexity index is 1300. The lowest BCUT2D eigenvalue weighted by Gasteiger charge is -2.25. The van der Waals surface area contributed by atoms with E-state index in [9.17, 15) is 21.9 Å². The third-order valence-electron chi connectivity index (χ3n) is 4.59. The minimum atomic E-state index is -4.57. The number of phenols is 1. The molecule has 164 valence electrons. The number of aryl methyl sites for hydroxylation is 2. The van der Waals surface area contributed by atoms with Crippen LogP contribution in [0.5, 0.6) is 11.5 Å². The van der Waals surface area contributed by atoms with E-state index >= 15 is 0 Å². The maximum atomic E-state index is 13.5. The molecule has 0 radical (unpaired) electrons. The minimum absolute atomic E-state index is 0.0468. The molecule has 0 fully saturated rings. The Kier molecular flexibility index (Phi) is 6.22. The van der Waals surface area contributed by atoms with Gasteiger partial charge in [0.15, 0.2) is 0 Å². The van der Waals surface area contributed by atoms with Crippen LogP contribution in [0.15, 0.2) is 70.5 Å². The Balaban J connectivity index is 2.29. The highest BCUT2D eigenvalue weighted by molar-refractivity contribution is 8.10. The van der Waals surface area contributed by atoms with Crippen LogP contribution in [0.4, 0.5) is 5.69 Å². The van der Waals surface area contributed by atoms with Gasteiger partial charge >= 0.3 is 0 Å². The van der Waals surface area contributed by atoms with Crippen molar-refractivity contribution in [2.45, 2.75) is 23.6 Å². The topological polar surface area (TPSA) is 101 Å². The van der Waals surface area contributed by atoms with E-state index in [-0.39, 0.29) is 21.2 Å². The standard InChI is InChI=1S/C21H20ClNO6S2/c1-14-12-17(13-15(2)21(14)24)23(30(25,26)19-8-4-16(22)5-9-19)31(27,28)20-10-6-18(29-3)7-11-20/h4-13,24H,1-3H3. The van der Waals surface area contributed by atoms with E-state index in [0.29, 0.717) is 25.6 Å². The molecule has 31 heavy (non-hydrogen) atoms. The second kappa shape index (κ2) is 8.41. The summed E-state index contributed by atoms with van der Waals surface area (Å²) in [6.07, 6.45) is 0. The van der Waals surface area contributed by atoms with Crippen LogP contribution in [-0.4, -0.2) is 29.1 Å². The highest BCUT2D eigenvalue weighted by Crippen LogP contribution is 2.35. The number of hydrogen-bond acceptors (Lipinski definition) is 6. The SMILES string of the molecule is COc1ccc(S(=O)(=O)N(c2cc(C)c(O)c(C)c2)S(=O)(=O)c2ccc(Cl)cc2)cc1. The molecule has 0 saturated carbocycles. The Morgan fingerprint density at radius 1 is 0.806 bits per heavy atom. The Morgan fingerprint density at radius 3 is 1.65 bits per heavy atom. The van der Waals surface area contributed by atoms with E-state index in [2.05, 4.69) is 0 Å². The fraction of sp³-hybridized carbons (Fsp3) is 0.143. The zero-order valence-corrected chi connectivity index (χ0v) is 19.3. The molecular weight excluding hydrogens is 462 g/mol. The van der Waals surface area contributed by atoms with Gasteiger partial charge in [0.2, 0.25) is 0 Å². The molecule has 1 N–H and O–H groups in total. The molecule has 0 unspecified atom stereocenters. The van der Waals surface area contributed by atoms with Gasteiger partial charge in [-0.05, 0) is 85.6 Å². The second-order valence-electron chi connectivity index (χ2n) is 6.76. The van der Waals surface area contributed by atoms with Gasteiger partial charge in [-0.1, -0.05) is 11.6 Å². The first-order valence-electron chi connectivity index (χ1n) is 8.99. The second-order valence-corrected chi connectivity index (χ2v) is 11.0. The van der Waals surface area contributed by atoms with Crippen molar-refractivity contribution in [3.63, 3.8) is 0 Å². The summed E-state index contributed by atoms with van der Waals surface area (Å²) in [5.74, 6) is 0.372. The summed E-state index contributed by atoms with van der Waals surface area (Å²) < 4.78 is 59.5. The van der Waals surface area contributed by atoms with E-state index in [1.165, 1.54) is 67.8 Å². The summed E-state index contributed by atoms with van der Waals surface area (Å²) in [7, 11) is -7.70. The zero-order chi connectivity index (χ0) is 23.0. The summed E-state index contributed by atoms with van der Waals surface area (Å²) in [4.78, 5) is -0.494. The molecular formula is C21H20ClNO6S2. The Labute approximate surface area is 186 Å². The highest BCUT2D eigenvalue weighted by atomic mass is 35.5. The number of sulfonamides is 2. The van der Waals surface area contributed by atoms with E-state index in [0.717, 1.165) is 0 Å². The van der Waals surface area contributed by atoms with Gasteiger partial charge < -0.3 is 9.84 Å². The number of benzene rings is 3. The molecule has 3 aromatic carbocycles. The number of aromatic hydroxyl groups is 1. The lowest BCUT2D eigenvalue weighted by Crippen LogP contribution is -2.37. The number of hydrogen-bond donors (Lipinski definition) is 1. The Hall–Kier alpha value is -2.75. The average molecular weight is 482 g/mol. The number of halogens is 1. The number of ether oxygens (including phenoxy) is 1. The molecule has 0 atom stereocenters. The molecule has 0 aliphatic heterocycles. The van der Waals surface area contributed by atoms with Crippen LogP contribution < -0.4 is 8.45 Å². The van der Waals surface area contributed by atoms with Gasteiger partial charge in [-0.3, -0.25) is 0 Å². The smallest absolute Gasteiger partial charge is 0.277 e. The summed E-state index contributed by atoms with van der Waals surface area (Å²) in [5.41, 5.74) is 0.533. The van der Waals surface area contributed by atoms with Crippen molar-refractivity contribution in [1.82, 2.24) is 0 Å². The number of rotatable bonds is 6. The van der Waals surface area contributed by atoms with Gasteiger partial charge in [0, 0.05) is 5.02 Å². The largest absolute Gasteiger partial charge is 0.507 e. The monoisotopic (exact) mass is 481 g/mol. The van der Waals surface area contributed by atoms with Crippen molar-refractivity contribution in [2.24, 2.45) is 0 Å². The lowest BCUT2D eigenvalue weighted by atomic mass is 10.1. The normalized spacial score (nSPS) is 11.9. The fourth-order valence-corrected chi connectivity index (χ4v) is 6.78. The van der Waals surface area contributed by atoms with Crippen LogP contribution >= 0.6 is 11.6 Å². The number of methoxy groups -OCH3 is 1. The molecule has 0 aromatic heterocycles. The molecule has 7 nitrogen and oxygen atoms in total. The van der Waals surface area contributed by atoms with Crippen molar-refractivity contribution in [3.05, 3.63) is 76.8 Å². The molecule has 0 aliphatic carbocycles. The molecule has 3 rings (SSSR count). The van der Waals surface area contributed by atoms with Crippen molar-refractivity contribution in [2.75, 3.05) is 10.8 Å². The van der Waals surface area contributed by atoms with Crippen molar-refractivity contribution >= 4 is 37.3 Å². The molecule has 0 aliphatic rings. The first-order valence-corrected chi connectivity index (χ1v) is 12.2. The van der Waals surface area contributed by atoms with Gasteiger partial charge in [0.25, 0.3) is 20.0 Å². The van der Waals surface area contributed by atoms with Crippen LogP contribution in [0.25, 0.3) is 0 Å². The average Bonchev–Trinajstić information content (AvgIpc) is 2.72. The number of anilines is 1. The predicted molar refractivity (Wildman–Crippen MR) is 119 cm³/mol. The molecule has 10 heteroatoms. The van der Waals surface area contributed by atoms with Gasteiger partial charge in [-0.2, -0.15) is 3.71 Å². The van der Waals surface area contributed by atoms with Crippen LogP contribution in [0, 0.1) is 13.8 Å². The molecule has 3 aromatic rings. The van der Waals surface area contributed by atoms with E-state index in [1.54, 1.807) is 13.8 Å². The van der Waals surface area contributed by atoms with Gasteiger partial charge in [-0.25, -0.2) is 16.8 Å². The van der Waals surface area contributed by atoms with E-state index < -0.39 is 20.0 Å². The van der Waals surface area contributed by atoms with Crippen molar-refractivity contribution in [1.29, 1.82) is 0 Å². The summed E-state index contributed by atoms with van der Waals surface area (Å²) in [6.45, 7) is 3.11. The third-order valence-corrected chi connectivity index (χ3v) is 9.05. The first kappa shape index (κ1) is 22.9. The predicted octanol–water partition coefficient (Wildman–Crippen LogP) is 4.26. The number of nitrogens with zero attached hydrogens (tertiary/aromatic N) is 1. The van der Waals surface area contributed by atoms with Crippen LogP contribution in [0.2, 0.25) is 5.02 Å². The summed E-state index contributed by atoms with van der Waals surface area (Å²) in [6, 6.07) is 13.2. The Morgan fingerprint density at radius 2 is 1.23 bits per heavy atom. The van der Waals surface area contributed by atoms with Gasteiger partial charge in [-0.15, -0.1) is 0 Å². The fourth-order valence-electron chi connectivity index (χ4n) is 2.99. The number of phenolic OH excluding ortho intramolecular Hbond substituents is 1. The van der Waals surface area contributed by atoms with Crippen LogP contribution in [-0.2, 0) is 20.0 Å². The van der Waals surface area contributed by atoms with E-state index in [4.69, 9.17) is 16.3 Å². The highest BCUT2D eigenvalue weighted by Gasteiger charge is 2.37. The maximum absolute atomic E-state index is 13.5. The maximum Gasteiger partial charge on any atom is 0.277 e. The first-order chi connectivity index (χ1) is 14.5. The zero-order valence-electron chi connectivity index (χ0n) is 16.9. The van der Waals surface area contributed by atoms with Crippen LogP contribution in [0.1, 0.15) is 11.1 Å². The third kappa shape index (κ3) is 4.34. The summed E-state index contributed by atoms with van der Waals surface area (Å²) >= 11 is 5.87. The van der Waals surface area contributed by atoms with Gasteiger partial charge in [0.1, 0.15) is 11.5 Å². The molecule has 0 heterocycles. The minimum Gasteiger partial charge on any atom is -0.507 e. The molecule has 0 spiro atoms. The summed E-state index contributed by atoms with van der Waals surface area (Å²) in [5, 5.41) is 10.4. The van der Waals surface area contributed by atoms with Crippen LogP contribution in [0.3, 0.4) is 0 Å². The quantitative estimate of drug-likeness (QED) is 0.564.